The molecule has 0 bridgehead atoms. The number of terminal acetylenes is 1. The average Bonchev–Trinajstić information content (AvgIpc) is 3.12. The van der Waals surface area contributed by atoms with Gasteiger partial charge in [0.1, 0.15) is 5.82 Å². The lowest BCUT2D eigenvalue weighted by Gasteiger charge is -2.33. The lowest BCUT2D eigenvalue weighted by Crippen LogP contribution is -2.34. The number of amides is 1. The number of hydrogen-bond acceptors (Lipinski definition) is 1. The number of carbonyl (C=O) groups is 1. The van der Waals surface area contributed by atoms with Crippen LogP contribution in [0.2, 0.25) is 0 Å². The number of likely N-dealkylation sites (tertiary alicyclic amines) is 1. The third-order valence-electron chi connectivity index (χ3n) is 4.79. The van der Waals surface area contributed by atoms with Crippen molar-refractivity contribution in [2.75, 3.05) is 6.54 Å². The maximum Gasteiger partial charge on any atom is 0.224 e. The Morgan fingerprint density at radius 2 is 1.90 bits per heavy atom. The number of benzene rings is 1. The van der Waals surface area contributed by atoms with Crippen LogP contribution in [-0.4, -0.2) is 17.4 Å². The lowest BCUT2D eigenvalue weighted by molar-refractivity contribution is -0.130. The number of nitrogens with zero attached hydrogens (tertiary/aromatic N) is 1. The van der Waals surface area contributed by atoms with Gasteiger partial charge in [-0.1, -0.05) is 25.0 Å². The molecule has 0 radical (unpaired) electrons. The highest BCUT2D eigenvalue weighted by atomic mass is 19.1. The van der Waals surface area contributed by atoms with Crippen molar-refractivity contribution in [3.63, 3.8) is 0 Å². The standard InChI is InChI=1S/C18H20FNO/c1-2-13-11-17(21)20(12-13)18(14-5-3-4-6-14)15-7-9-16(19)10-8-15/h1,7-10,13-14,18H,3-6,11-12H2. The van der Waals surface area contributed by atoms with E-state index in [2.05, 4.69) is 5.92 Å². The molecule has 1 aliphatic heterocycles. The first kappa shape index (κ1) is 14.1. The van der Waals surface area contributed by atoms with Crippen LogP contribution in [0, 0.1) is 30.0 Å². The molecular weight excluding hydrogens is 265 g/mol. The Kier molecular flexibility index (Phi) is 3.96. The quantitative estimate of drug-likeness (QED) is 0.778. The van der Waals surface area contributed by atoms with Crippen molar-refractivity contribution < 1.29 is 9.18 Å². The molecule has 1 saturated heterocycles. The van der Waals surface area contributed by atoms with E-state index in [1.54, 1.807) is 0 Å². The zero-order valence-electron chi connectivity index (χ0n) is 12.1. The highest BCUT2D eigenvalue weighted by molar-refractivity contribution is 5.79. The predicted octanol–water partition coefficient (Wildman–Crippen LogP) is 3.54. The molecule has 1 aliphatic carbocycles. The molecule has 2 aliphatic rings. The third kappa shape index (κ3) is 2.81. The van der Waals surface area contributed by atoms with Gasteiger partial charge >= 0.3 is 0 Å². The molecule has 1 heterocycles. The molecule has 3 rings (SSSR count). The van der Waals surface area contributed by atoms with Crippen LogP contribution in [0.15, 0.2) is 24.3 Å². The molecule has 0 aromatic heterocycles. The van der Waals surface area contributed by atoms with Crippen molar-refractivity contribution in [1.29, 1.82) is 0 Å². The Hall–Kier alpha value is -1.82. The van der Waals surface area contributed by atoms with Crippen LogP contribution in [-0.2, 0) is 4.79 Å². The summed E-state index contributed by atoms with van der Waals surface area (Å²) in [6.45, 7) is 0.633. The van der Waals surface area contributed by atoms with E-state index >= 15 is 0 Å². The van der Waals surface area contributed by atoms with Crippen LogP contribution in [0.5, 0.6) is 0 Å². The van der Waals surface area contributed by atoms with Gasteiger partial charge in [0.05, 0.1) is 6.04 Å². The van der Waals surface area contributed by atoms with E-state index in [0.717, 1.165) is 18.4 Å². The molecule has 1 aromatic rings. The molecule has 21 heavy (non-hydrogen) atoms. The molecule has 2 fully saturated rings. The van der Waals surface area contributed by atoms with Gasteiger partial charge in [-0.3, -0.25) is 4.79 Å². The van der Waals surface area contributed by atoms with Gasteiger partial charge in [0.25, 0.3) is 0 Å². The Morgan fingerprint density at radius 3 is 2.48 bits per heavy atom. The van der Waals surface area contributed by atoms with E-state index in [1.807, 2.05) is 17.0 Å². The summed E-state index contributed by atoms with van der Waals surface area (Å²) in [4.78, 5) is 14.3. The summed E-state index contributed by atoms with van der Waals surface area (Å²) in [7, 11) is 0. The second-order valence-corrected chi connectivity index (χ2v) is 6.15. The molecule has 1 saturated carbocycles. The van der Waals surface area contributed by atoms with Crippen LogP contribution in [0.3, 0.4) is 0 Å². The zero-order chi connectivity index (χ0) is 14.8. The Labute approximate surface area is 125 Å². The SMILES string of the molecule is C#CC1CC(=O)N(C(c2ccc(F)cc2)C2CCCC2)C1. The first-order valence-electron chi connectivity index (χ1n) is 7.70. The third-order valence-corrected chi connectivity index (χ3v) is 4.79. The van der Waals surface area contributed by atoms with Gasteiger partial charge in [-0.2, -0.15) is 0 Å². The topological polar surface area (TPSA) is 20.3 Å². The second-order valence-electron chi connectivity index (χ2n) is 6.15. The fraction of sp³-hybridized carbons (Fsp3) is 0.500. The van der Waals surface area contributed by atoms with Crippen LogP contribution in [0.25, 0.3) is 0 Å². The average molecular weight is 285 g/mol. The minimum atomic E-state index is -0.238. The van der Waals surface area contributed by atoms with Gasteiger partial charge in [0.15, 0.2) is 0 Å². The molecule has 1 amide bonds. The second kappa shape index (κ2) is 5.89. The van der Waals surface area contributed by atoms with Crippen LogP contribution in [0.4, 0.5) is 4.39 Å². The van der Waals surface area contributed by atoms with Gasteiger partial charge in [-0.25, -0.2) is 4.39 Å². The van der Waals surface area contributed by atoms with E-state index < -0.39 is 0 Å². The molecular formula is C18H20FNO. The van der Waals surface area contributed by atoms with Crippen molar-refractivity contribution in [2.24, 2.45) is 11.8 Å². The van der Waals surface area contributed by atoms with Crippen molar-refractivity contribution in [1.82, 2.24) is 4.90 Å². The maximum absolute atomic E-state index is 13.2. The van der Waals surface area contributed by atoms with Crippen molar-refractivity contribution in [3.05, 3.63) is 35.6 Å². The largest absolute Gasteiger partial charge is 0.334 e. The van der Waals surface area contributed by atoms with Crippen LogP contribution < -0.4 is 0 Å². The number of hydrogen-bond donors (Lipinski definition) is 0. The maximum atomic E-state index is 13.2. The van der Waals surface area contributed by atoms with Gasteiger partial charge in [0, 0.05) is 18.9 Å². The minimum absolute atomic E-state index is 0.0156. The van der Waals surface area contributed by atoms with E-state index in [9.17, 15) is 9.18 Å². The number of carbonyl (C=O) groups excluding carboxylic acids is 1. The normalized spacial score (nSPS) is 24.3. The minimum Gasteiger partial charge on any atom is -0.334 e. The van der Waals surface area contributed by atoms with Gasteiger partial charge in [-0.05, 0) is 36.5 Å². The molecule has 3 heteroatoms. The number of halogens is 1. The van der Waals surface area contributed by atoms with Crippen LogP contribution in [0.1, 0.15) is 43.7 Å². The van der Waals surface area contributed by atoms with Crippen molar-refractivity contribution in [3.8, 4) is 12.3 Å². The van der Waals surface area contributed by atoms with E-state index in [1.165, 1.54) is 25.0 Å². The summed E-state index contributed by atoms with van der Waals surface area (Å²) in [5.74, 6) is 3.09. The molecule has 0 N–H and O–H groups in total. The van der Waals surface area contributed by atoms with Gasteiger partial charge < -0.3 is 4.90 Å². The Balaban J connectivity index is 1.91. The van der Waals surface area contributed by atoms with Crippen molar-refractivity contribution in [2.45, 2.75) is 38.1 Å². The predicted molar refractivity (Wildman–Crippen MR) is 79.8 cm³/mol. The fourth-order valence-corrected chi connectivity index (χ4v) is 3.75. The first-order chi connectivity index (χ1) is 10.2. The summed E-state index contributed by atoms with van der Waals surface area (Å²) in [6, 6.07) is 6.65. The molecule has 2 nitrogen and oxygen atoms in total. The van der Waals surface area contributed by atoms with Gasteiger partial charge in [-0.15, -0.1) is 12.3 Å². The first-order valence-corrected chi connectivity index (χ1v) is 7.70. The molecule has 0 spiro atoms. The summed E-state index contributed by atoms with van der Waals surface area (Å²) in [6.07, 6.45) is 10.6. The van der Waals surface area contributed by atoms with Crippen molar-refractivity contribution >= 4 is 5.91 Å². The highest BCUT2D eigenvalue weighted by Crippen LogP contribution is 2.41. The number of rotatable bonds is 3. The van der Waals surface area contributed by atoms with E-state index in [4.69, 9.17) is 6.42 Å². The van der Waals surface area contributed by atoms with E-state index in [0.29, 0.717) is 18.9 Å². The smallest absolute Gasteiger partial charge is 0.224 e. The fourth-order valence-electron chi connectivity index (χ4n) is 3.75. The van der Waals surface area contributed by atoms with E-state index in [-0.39, 0.29) is 23.7 Å². The molecule has 2 unspecified atom stereocenters. The molecule has 2 atom stereocenters. The summed E-state index contributed by atoms with van der Waals surface area (Å²) < 4.78 is 13.2. The Bertz CT molecular complexity index is 554. The molecule has 110 valence electrons. The van der Waals surface area contributed by atoms with Crippen LogP contribution >= 0.6 is 0 Å². The van der Waals surface area contributed by atoms with Gasteiger partial charge in [0.2, 0.25) is 5.91 Å². The summed E-state index contributed by atoms with van der Waals surface area (Å²) >= 11 is 0. The molecule has 1 aromatic carbocycles. The highest BCUT2D eigenvalue weighted by Gasteiger charge is 2.38. The zero-order valence-corrected chi connectivity index (χ0v) is 12.1. The summed E-state index contributed by atoms with van der Waals surface area (Å²) in [5.41, 5.74) is 1.04. The monoisotopic (exact) mass is 285 g/mol. The lowest BCUT2D eigenvalue weighted by atomic mass is 9.90. The summed E-state index contributed by atoms with van der Waals surface area (Å²) in [5, 5.41) is 0. The Morgan fingerprint density at radius 1 is 1.24 bits per heavy atom.